The monoisotopic (exact) mass is 445 g/mol. The number of nitro groups is 1. The van der Waals surface area contributed by atoms with Gasteiger partial charge in [0.2, 0.25) is 5.95 Å². The Hall–Kier alpha value is -4.01. The van der Waals surface area contributed by atoms with Crippen molar-refractivity contribution in [3.8, 4) is 17.1 Å². The molecule has 1 atom stereocenters. The zero-order valence-electron chi connectivity index (χ0n) is 18.5. The topological polar surface area (TPSA) is 112 Å². The summed E-state index contributed by atoms with van der Waals surface area (Å²) in [6.45, 7) is 4.11. The molecule has 9 heteroatoms. The maximum absolute atomic E-state index is 13.3. The van der Waals surface area contributed by atoms with Crippen LogP contribution < -0.4 is 10.1 Å². The van der Waals surface area contributed by atoms with E-state index in [4.69, 9.17) is 14.8 Å². The number of anilines is 1. The minimum atomic E-state index is -0.605. The van der Waals surface area contributed by atoms with Crippen molar-refractivity contribution in [1.29, 1.82) is 0 Å². The Bertz CT molecular complexity index is 1320. The molecule has 0 spiro atoms. The molecule has 1 aliphatic carbocycles. The van der Waals surface area contributed by atoms with Gasteiger partial charge < -0.3 is 10.1 Å². The number of nitrogens with zero attached hydrogens (tertiary/aromatic N) is 4. The summed E-state index contributed by atoms with van der Waals surface area (Å²) >= 11 is 0. The minimum Gasteiger partial charge on any atom is -0.497 e. The number of non-ortho nitro benzene ring substituents is 1. The third-order valence-electron chi connectivity index (χ3n) is 6.06. The van der Waals surface area contributed by atoms with Gasteiger partial charge >= 0.3 is 0 Å². The molecule has 0 radical (unpaired) electrons. The van der Waals surface area contributed by atoms with Crippen molar-refractivity contribution in [2.24, 2.45) is 5.41 Å². The van der Waals surface area contributed by atoms with E-state index in [9.17, 15) is 14.9 Å². The Morgan fingerprint density at radius 2 is 1.97 bits per heavy atom. The highest BCUT2D eigenvalue weighted by atomic mass is 16.6. The summed E-state index contributed by atoms with van der Waals surface area (Å²) < 4.78 is 6.98. The molecule has 9 nitrogen and oxygen atoms in total. The molecular formula is C24H23N5O4. The Kier molecular flexibility index (Phi) is 4.77. The fourth-order valence-electron chi connectivity index (χ4n) is 4.61. The number of aromatic nitrogens is 3. The van der Waals surface area contributed by atoms with Gasteiger partial charge in [0.15, 0.2) is 11.6 Å². The first-order valence-corrected chi connectivity index (χ1v) is 10.6. The molecular weight excluding hydrogens is 422 g/mol. The van der Waals surface area contributed by atoms with E-state index in [0.29, 0.717) is 41.5 Å². The summed E-state index contributed by atoms with van der Waals surface area (Å²) in [7, 11) is 1.59. The van der Waals surface area contributed by atoms with Crippen LogP contribution in [0.15, 0.2) is 59.8 Å². The van der Waals surface area contributed by atoms with Crippen LogP contribution in [0.3, 0.4) is 0 Å². The largest absolute Gasteiger partial charge is 0.497 e. The standard InChI is InChI=1S/C24H23N5O4/c1-24(2)12-18-20(19(30)13-24)21(14-6-4-8-16(10-14)29(31)32)28-23(25-18)26-22(27-28)15-7-5-9-17(11-15)33-3/h4-11,21H,12-13H2,1-3H3,(H,25,26,27). The van der Waals surface area contributed by atoms with Gasteiger partial charge in [-0.25, -0.2) is 4.68 Å². The number of fused-ring (bicyclic) bond motifs is 1. The van der Waals surface area contributed by atoms with Crippen LogP contribution in [0.25, 0.3) is 11.4 Å². The highest BCUT2D eigenvalue weighted by Gasteiger charge is 2.42. The minimum absolute atomic E-state index is 0.00864. The molecule has 3 aromatic rings. The lowest BCUT2D eigenvalue weighted by molar-refractivity contribution is -0.384. The first-order chi connectivity index (χ1) is 15.8. The zero-order valence-corrected chi connectivity index (χ0v) is 18.5. The number of methoxy groups -OCH3 is 1. The lowest BCUT2D eigenvalue weighted by Gasteiger charge is -2.38. The first-order valence-electron chi connectivity index (χ1n) is 10.6. The van der Waals surface area contributed by atoms with Gasteiger partial charge in [0.05, 0.1) is 12.0 Å². The zero-order chi connectivity index (χ0) is 23.3. The highest BCUT2D eigenvalue weighted by Crippen LogP contribution is 2.46. The van der Waals surface area contributed by atoms with Crippen molar-refractivity contribution < 1.29 is 14.5 Å². The second-order valence-corrected chi connectivity index (χ2v) is 9.15. The van der Waals surface area contributed by atoms with Crippen LogP contribution in [-0.4, -0.2) is 32.6 Å². The Labute approximate surface area is 190 Å². The highest BCUT2D eigenvalue weighted by molar-refractivity contribution is 6.00. The number of carbonyl (C=O) groups excluding carboxylic acids is 1. The second kappa shape index (κ2) is 7.54. The lowest BCUT2D eigenvalue weighted by Crippen LogP contribution is -2.36. The number of allylic oxidation sites excluding steroid dienone is 2. The van der Waals surface area contributed by atoms with E-state index >= 15 is 0 Å². The van der Waals surface area contributed by atoms with Crippen LogP contribution >= 0.6 is 0 Å². The molecule has 168 valence electrons. The van der Waals surface area contributed by atoms with Crippen molar-refractivity contribution >= 4 is 17.4 Å². The SMILES string of the molecule is COc1cccc(-c2nc3n(n2)C(c2cccc([N+](=O)[O-])c2)C2=C(CC(C)(C)CC2=O)N3)c1. The van der Waals surface area contributed by atoms with E-state index in [0.717, 1.165) is 11.3 Å². The van der Waals surface area contributed by atoms with Gasteiger partial charge in [-0.2, -0.15) is 4.98 Å². The van der Waals surface area contributed by atoms with Gasteiger partial charge in [-0.1, -0.05) is 38.1 Å². The molecule has 0 bridgehead atoms. The predicted molar refractivity (Wildman–Crippen MR) is 122 cm³/mol. The number of nitrogens with one attached hydrogen (secondary N) is 1. The maximum Gasteiger partial charge on any atom is 0.269 e. The van der Waals surface area contributed by atoms with Crippen molar-refractivity contribution in [3.05, 3.63) is 75.5 Å². The molecule has 33 heavy (non-hydrogen) atoms. The van der Waals surface area contributed by atoms with Gasteiger partial charge in [-0.05, 0) is 29.5 Å². The third kappa shape index (κ3) is 3.65. The fourth-order valence-corrected chi connectivity index (χ4v) is 4.61. The molecule has 2 aromatic carbocycles. The molecule has 0 fully saturated rings. The Morgan fingerprint density at radius 1 is 1.18 bits per heavy atom. The average Bonchev–Trinajstić information content (AvgIpc) is 3.20. The van der Waals surface area contributed by atoms with E-state index in [1.807, 2.05) is 24.3 Å². The lowest BCUT2D eigenvalue weighted by atomic mass is 9.73. The summed E-state index contributed by atoms with van der Waals surface area (Å²) in [6, 6.07) is 13.2. The number of Topliss-reactive ketones (excluding diaryl/α,β-unsaturated/α-hetero) is 1. The molecule has 1 unspecified atom stereocenters. The van der Waals surface area contributed by atoms with Gasteiger partial charge in [0.25, 0.3) is 5.69 Å². The molecule has 1 aliphatic heterocycles. The average molecular weight is 445 g/mol. The van der Waals surface area contributed by atoms with E-state index in [1.165, 1.54) is 12.1 Å². The van der Waals surface area contributed by atoms with Crippen molar-refractivity contribution in [2.75, 3.05) is 12.4 Å². The molecule has 1 N–H and O–H groups in total. The molecule has 2 heterocycles. The predicted octanol–water partition coefficient (Wildman–Crippen LogP) is 4.52. The van der Waals surface area contributed by atoms with Gasteiger partial charge in [-0.15, -0.1) is 5.10 Å². The Morgan fingerprint density at radius 3 is 2.73 bits per heavy atom. The van der Waals surface area contributed by atoms with Crippen molar-refractivity contribution in [2.45, 2.75) is 32.7 Å². The molecule has 0 saturated heterocycles. The van der Waals surface area contributed by atoms with Crippen LogP contribution in [0.2, 0.25) is 0 Å². The van der Waals surface area contributed by atoms with E-state index in [1.54, 1.807) is 23.9 Å². The number of hydrogen-bond acceptors (Lipinski definition) is 7. The first kappa shape index (κ1) is 20.9. The summed E-state index contributed by atoms with van der Waals surface area (Å²) in [5, 5.41) is 19.5. The number of benzene rings is 2. The van der Waals surface area contributed by atoms with Crippen molar-refractivity contribution in [1.82, 2.24) is 14.8 Å². The smallest absolute Gasteiger partial charge is 0.269 e. The van der Waals surface area contributed by atoms with Crippen LogP contribution in [0.4, 0.5) is 11.6 Å². The number of ketones is 1. The van der Waals surface area contributed by atoms with E-state index in [-0.39, 0.29) is 16.9 Å². The van der Waals surface area contributed by atoms with E-state index < -0.39 is 11.0 Å². The van der Waals surface area contributed by atoms with Crippen LogP contribution in [0.5, 0.6) is 5.75 Å². The number of carbonyl (C=O) groups is 1. The van der Waals surface area contributed by atoms with Crippen molar-refractivity contribution in [3.63, 3.8) is 0 Å². The van der Waals surface area contributed by atoms with Crippen LogP contribution in [0, 0.1) is 15.5 Å². The van der Waals surface area contributed by atoms with Gasteiger partial charge in [0, 0.05) is 35.4 Å². The van der Waals surface area contributed by atoms with Crippen LogP contribution in [-0.2, 0) is 4.79 Å². The molecule has 0 amide bonds. The summed E-state index contributed by atoms with van der Waals surface area (Å²) in [6.07, 6.45) is 1.06. The van der Waals surface area contributed by atoms with E-state index in [2.05, 4.69) is 19.2 Å². The van der Waals surface area contributed by atoms with Gasteiger partial charge in [-0.3, -0.25) is 14.9 Å². The second-order valence-electron chi connectivity index (χ2n) is 9.15. The Balaban J connectivity index is 1.69. The summed E-state index contributed by atoms with van der Waals surface area (Å²) in [4.78, 5) is 29.0. The molecule has 1 aromatic heterocycles. The fraction of sp³-hybridized carbons (Fsp3) is 0.292. The number of rotatable bonds is 4. The normalized spacial score (nSPS) is 18.9. The molecule has 0 saturated carbocycles. The third-order valence-corrected chi connectivity index (χ3v) is 6.06. The van der Waals surface area contributed by atoms with Crippen LogP contribution in [0.1, 0.15) is 38.3 Å². The summed E-state index contributed by atoms with van der Waals surface area (Å²) in [5.74, 6) is 1.65. The number of ether oxygens (including phenoxy) is 1. The molecule has 2 aliphatic rings. The maximum atomic E-state index is 13.3. The molecule has 5 rings (SSSR count). The number of hydrogen-bond donors (Lipinski definition) is 1. The quantitative estimate of drug-likeness (QED) is 0.464. The summed E-state index contributed by atoms with van der Waals surface area (Å²) in [5.41, 5.74) is 2.53. The number of nitro benzene ring substituents is 1. The van der Waals surface area contributed by atoms with Gasteiger partial charge in [0.1, 0.15) is 11.8 Å².